The van der Waals surface area contributed by atoms with E-state index in [1.54, 1.807) is 38.8 Å². The van der Waals surface area contributed by atoms with Crippen LogP contribution in [0.5, 0.6) is 11.5 Å². The predicted molar refractivity (Wildman–Crippen MR) is 109 cm³/mol. The van der Waals surface area contributed by atoms with Crippen LogP contribution in [0.15, 0.2) is 27.8 Å². The first-order chi connectivity index (χ1) is 13.5. The van der Waals surface area contributed by atoms with Crippen molar-refractivity contribution in [2.24, 2.45) is 7.05 Å². The summed E-state index contributed by atoms with van der Waals surface area (Å²) in [4.78, 5) is 29.8. The smallest absolute Gasteiger partial charge is 0.332 e. The molecule has 0 aliphatic heterocycles. The van der Waals surface area contributed by atoms with E-state index in [4.69, 9.17) is 9.47 Å². The van der Waals surface area contributed by atoms with E-state index >= 15 is 0 Å². The highest BCUT2D eigenvalue weighted by molar-refractivity contribution is 5.77. The number of fused-ring (bicyclic) bond motifs is 1. The lowest BCUT2D eigenvalue weighted by Crippen LogP contribution is -2.39. The number of hydrogen-bond acceptors (Lipinski definition) is 5. The number of aromatic nitrogens is 4. The van der Waals surface area contributed by atoms with Crippen LogP contribution in [0.1, 0.15) is 25.2 Å². The molecule has 0 saturated heterocycles. The Balaban J connectivity index is 2.14. The van der Waals surface area contributed by atoms with Gasteiger partial charge in [0, 0.05) is 20.1 Å². The lowest BCUT2D eigenvalue weighted by Gasteiger charge is -2.08. The predicted octanol–water partition coefficient (Wildman–Crippen LogP) is 2.12. The second-order valence-electron chi connectivity index (χ2n) is 6.23. The van der Waals surface area contributed by atoms with Crippen LogP contribution in [0.25, 0.3) is 23.3 Å². The van der Waals surface area contributed by atoms with Crippen molar-refractivity contribution >= 4 is 23.3 Å². The SMILES string of the molecule is CCn1c(=O)c2c(nc(/C=C\c3ccc(OC)c(OC)c3)n2C)n(CC)c1=O. The Morgan fingerprint density at radius 1 is 1.00 bits per heavy atom. The lowest BCUT2D eigenvalue weighted by molar-refractivity contribution is 0.355. The first-order valence-corrected chi connectivity index (χ1v) is 9.06. The van der Waals surface area contributed by atoms with Crippen LogP contribution in [0.3, 0.4) is 0 Å². The zero-order valence-corrected chi connectivity index (χ0v) is 16.7. The minimum absolute atomic E-state index is 0.315. The molecular weight excluding hydrogens is 360 g/mol. The largest absolute Gasteiger partial charge is 0.493 e. The Morgan fingerprint density at radius 2 is 1.68 bits per heavy atom. The van der Waals surface area contributed by atoms with Crippen molar-refractivity contribution in [1.29, 1.82) is 0 Å². The standard InChI is InChI=1S/C20H24N4O4/c1-6-23-18-17(19(25)24(7-2)20(23)26)22(3)16(21-18)11-9-13-8-10-14(27-4)15(12-13)28-5/h8-12H,6-7H2,1-5H3/b11-9-. The molecule has 3 rings (SSSR count). The van der Waals surface area contributed by atoms with Crippen molar-refractivity contribution in [3.63, 3.8) is 0 Å². The maximum absolute atomic E-state index is 12.7. The van der Waals surface area contributed by atoms with E-state index in [0.29, 0.717) is 41.6 Å². The summed E-state index contributed by atoms with van der Waals surface area (Å²) in [5, 5.41) is 0. The fraction of sp³-hybridized carbons (Fsp3) is 0.350. The van der Waals surface area contributed by atoms with Gasteiger partial charge >= 0.3 is 5.69 Å². The quantitative estimate of drug-likeness (QED) is 0.650. The van der Waals surface area contributed by atoms with Gasteiger partial charge in [0.25, 0.3) is 5.56 Å². The van der Waals surface area contributed by atoms with E-state index in [9.17, 15) is 9.59 Å². The van der Waals surface area contributed by atoms with Crippen LogP contribution >= 0.6 is 0 Å². The Labute approximate surface area is 162 Å². The van der Waals surface area contributed by atoms with E-state index < -0.39 is 0 Å². The van der Waals surface area contributed by atoms with E-state index in [2.05, 4.69) is 4.98 Å². The summed E-state index contributed by atoms with van der Waals surface area (Å²) < 4.78 is 15.0. The van der Waals surface area contributed by atoms with Gasteiger partial charge in [-0.1, -0.05) is 12.1 Å². The van der Waals surface area contributed by atoms with E-state index in [-0.39, 0.29) is 11.2 Å². The van der Waals surface area contributed by atoms with Gasteiger partial charge < -0.3 is 14.0 Å². The molecule has 1 aromatic carbocycles. The molecule has 0 unspecified atom stereocenters. The zero-order valence-electron chi connectivity index (χ0n) is 16.7. The molecule has 0 aliphatic carbocycles. The summed E-state index contributed by atoms with van der Waals surface area (Å²) in [6.07, 6.45) is 3.68. The lowest BCUT2D eigenvalue weighted by atomic mass is 10.2. The Morgan fingerprint density at radius 3 is 2.29 bits per heavy atom. The van der Waals surface area contributed by atoms with Crippen molar-refractivity contribution in [2.75, 3.05) is 14.2 Å². The molecule has 2 heterocycles. The third-order valence-corrected chi connectivity index (χ3v) is 4.74. The molecular formula is C20H24N4O4. The molecule has 2 aromatic heterocycles. The number of nitrogens with zero attached hydrogens (tertiary/aromatic N) is 4. The normalized spacial score (nSPS) is 11.5. The molecule has 0 spiro atoms. The minimum Gasteiger partial charge on any atom is -0.493 e. The van der Waals surface area contributed by atoms with Crippen molar-refractivity contribution in [3.8, 4) is 11.5 Å². The van der Waals surface area contributed by atoms with Gasteiger partial charge in [0.2, 0.25) is 0 Å². The summed E-state index contributed by atoms with van der Waals surface area (Å²) >= 11 is 0. The third kappa shape index (κ3) is 3.11. The van der Waals surface area contributed by atoms with Gasteiger partial charge in [0.05, 0.1) is 14.2 Å². The molecule has 0 aliphatic rings. The summed E-state index contributed by atoms with van der Waals surface area (Å²) in [5.41, 5.74) is 1.04. The summed E-state index contributed by atoms with van der Waals surface area (Å²) in [6, 6.07) is 5.57. The second-order valence-corrected chi connectivity index (χ2v) is 6.23. The van der Waals surface area contributed by atoms with E-state index in [0.717, 1.165) is 5.56 Å². The molecule has 148 valence electrons. The molecule has 0 amide bonds. The first kappa shape index (κ1) is 19.5. The van der Waals surface area contributed by atoms with Crippen LogP contribution in [0.4, 0.5) is 0 Å². The molecule has 0 bridgehead atoms. The highest BCUT2D eigenvalue weighted by atomic mass is 16.5. The number of rotatable bonds is 6. The van der Waals surface area contributed by atoms with E-state index in [1.165, 1.54) is 9.13 Å². The van der Waals surface area contributed by atoms with Crippen molar-refractivity contribution < 1.29 is 9.47 Å². The van der Waals surface area contributed by atoms with Gasteiger partial charge in [-0.05, 0) is 37.6 Å². The number of benzene rings is 1. The first-order valence-electron chi connectivity index (χ1n) is 9.06. The van der Waals surface area contributed by atoms with Crippen LogP contribution in [0, 0.1) is 0 Å². The van der Waals surface area contributed by atoms with Crippen molar-refractivity contribution in [2.45, 2.75) is 26.9 Å². The molecule has 8 heteroatoms. The van der Waals surface area contributed by atoms with Gasteiger partial charge in [-0.3, -0.25) is 13.9 Å². The maximum Gasteiger partial charge on any atom is 0.332 e. The van der Waals surface area contributed by atoms with Crippen LogP contribution < -0.4 is 20.7 Å². The van der Waals surface area contributed by atoms with E-state index in [1.807, 2.05) is 31.2 Å². The van der Waals surface area contributed by atoms with Gasteiger partial charge in [0.1, 0.15) is 5.82 Å². The second kappa shape index (κ2) is 7.75. The van der Waals surface area contributed by atoms with Crippen molar-refractivity contribution in [1.82, 2.24) is 18.7 Å². The van der Waals surface area contributed by atoms with Crippen LogP contribution in [-0.4, -0.2) is 32.9 Å². The molecule has 0 radical (unpaired) electrons. The summed E-state index contributed by atoms with van der Waals surface area (Å²) in [7, 11) is 4.94. The number of aryl methyl sites for hydroxylation is 2. The molecule has 0 fully saturated rings. The minimum atomic E-state index is -0.337. The van der Waals surface area contributed by atoms with Gasteiger partial charge in [0.15, 0.2) is 22.7 Å². The fourth-order valence-electron chi connectivity index (χ4n) is 3.22. The van der Waals surface area contributed by atoms with Crippen LogP contribution in [0.2, 0.25) is 0 Å². The zero-order chi connectivity index (χ0) is 20.4. The van der Waals surface area contributed by atoms with Crippen LogP contribution in [-0.2, 0) is 20.1 Å². The maximum atomic E-state index is 12.7. The third-order valence-electron chi connectivity index (χ3n) is 4.74. The molecule has 3 aromatic rings. The summed E-state index contributed by atoms with van der Waals surface area (Å²) in [6.45, 7) is 4.39. The topological polar surface area (TPSA) is 80.3 Å². The molecule has 0 saturated carbocycles. The Bertz CT molecular complexity index is 1170. The Hall–Kier alpha value is -3.29. The molecule has 0 N–H and O–H groups in total. The summed E-state index contributed by atoms with van der Waals surface area (Å²) in [5.74, 6) is 1.85. The monoisotopic (exact) mass is 384 g/mol. The van der Waals surface area contributed by atoms with Crippen molar-refractivity contribution in [3.05, 3.63) is 50.4 Å². The highest BCUT2D eigenvalue weighted by Crippen LogP contribution is 2.28. The number of methoxy groups -OCH3 is 2. The number of imidazole rings is 1. The number of hydrogen-bond donors (Lipinski definition) is 0. The molecule has 28 heavy (non-hydrogen) atoms. The fourth-order valence-corrected chi connectivity index (χ4v) is 3.22. The molecule has 0 atom stereocenters. The van der Waals surface area contributed by atoms with Gasteiger partial charge in [-0.25, -0.2) is 9.78 Å². The average molecular weight is 384 g/mol. The van der Waals surface area contributed by atoms with Gasteiger partial charge in [-0.15, -0.1) is 0 Å². The Kier molecular flexibility index (Phi) is 5.39. The highest BCUT2D eigenvalue weighted by Gasteiger charge is 2.17. The average Bonchev–Trinajstić information content (AvgIpc) is 3.03. The molecule has 8 nitrogen and oxygen atoms in total. The number of ether oxygens (including phenoxy) is 2. The van der Waals surface area contributed by atoms with Gasteiger partial charge in [-0.2, -0.15) is 0 Å².